The fourth-order valence-corrected chi connectivity index (χ4v) is 1.57. The normalized spacial score (nSPS) is 11.9. The number of hydrogen-bond acceptors (Lipinski definition) is 3. The number of aliphatic hydroxyl groups excluding tert-OH is 1. The first-order valence-corrected chi connectivity index (χ1v) is 6.27. The van der Waals surface area contributed by atoms with Gasteiger partial charge in [0.1, 0.15) is 5.75 Å². The van der Waals surface area contributed by atoms with Crippen LogP contribution in [0.3, 0.4) is 0 Å². The number of ether oxygens (including phenoxy) is 1. The number of benzene rings is 1. The Morgan fingerprint density at radius 3 is 2.61 bits per heavy atom. The second-order valence-corrected chi connectivity index (χ2v) is 4.23. The van der Waals surface area contributed by atoms with E-state index in [4.69, 9.17) is 9.84 Å². The number of nitrogens with one attached hydrogen (secondary N) is 1. The first-order chi connectivity index (χ1) is 8.65. The van der Waals surface area contributed by atoms with Crippen LogP contribution in [-0.4, -0.2) is 30.3 Å². The molecule has 0 fully saturated rings. The van der Waals surface area contributed by atoms with Crippen LogP contribution in [0.5, 0.6) is 5.75 Å². The van der Waals surface area contributed by atoms with Gasteiger partial charge in [-0.2, -0.15) is 0 Å². The Morgan fingerprint density at radius 1 is 1.39 bits per heavy atom. The predicted octanol–water partition coefficient (Wildman–Crippen LogP) is 1.51. The summed E-state index contributed by atoms with van der Waals surface area (Å²) in [6.45, 7) is 4.34. The van der Waals surface area contributed by atoms with Gasteiger partial charge in [0.05, 0.1) is 13.2 Å². The average Bonchev–Trinajstić information content (AvgIpc) is 2.38. The van der Waals surface area contributed by atoms with E-state index in [9.17, 15) is 4.79 Å². The number of aryl methyl sites for hydroxylation is 1. The van der Waals surface area contributed by atoms with Crippen molar-refractivity contribution in [1.82, 2.24) is 5.32 Å². The number of aliphatic hydroxyl groups is 1. The van der Waals surface area contributed by atoms with Gasteiger partial charge in [0.2, 0.25) is 5.91 Å². The van der Waals surface area contributed by atoms with Crippen LogP contribution < -0.4 is 10.1 Å². The molecule has 4 nitrogen and oxygen atoms in total. The maximum absolute atomic E-state index is 11.5. The minimum absolute atomic E-state index is 0.0329. The Morgan fingerprint density at radius 2 is 2.06 bits per heavy atom. The molecular formula is C14H21NO3. The van der Waals surface area contributed by atoms with E-state index in [1.807, 2.05) is 31.2 Å². The molecule has 1 aromatic rings. The molecule has 100 valence electrons. The van der Waals surface area contributed by atoms with E-state index in [0.29, 0.717) is 19.4 Å². The Bertz CT molecular complexity index is 362. The highest BCUT2D eigenvalue weighted by Crippen LogP contribution is 2.13. The van der Waals surface area contributed by atoms with Crippen molar-refractivity contribution in [2.24, 2.45) is 0 Å². The van der Waals surface area contributed by atoms with Crippen molar-refractivity contribution >= 4 is 5.91 Å². The molecule has 1 amide bonds. The van der Waals surface area contributed by atoms with Gasteiger partial charge in [0.25, 0.3) is 0 Å². The molecular weight excluding hydrogens is 230 g/mol. The fourth-order valence-electron chi connectivity index (χ4n) is 1.57. The van der Waals surface area contributed by atoms with Gasteiger partial charge in [0, 0.05) is 12.5 Å². The average molecular weight is 251 g/mol. The van der Waals surface area contributed by atoms with Gasteiger partial charge >= 0.3 is 0 Å². The van der Waals surface area contributed by atoms with Crippen LogP contribution in [0.25, 0.3) is 0 Å². The summed E-state index contributed by atoms with van der Waals surface area (Å²) in [6.07, 6.45) is 1.12. The third-order valence-corrected chi connectivity index (χ3v) is 2.56. The summed E-state index contributed by atoms with van der Waals surface area (Å²) in [5, 5.41) is 11.5. The van der Waals surface area contributed by atoms with E-state index in [1.54, 1.807) is 6.92 Å². The minimum Gasteiger partial charge on any atom is -0.494 e. The highest BCUT2D eigenvalue weighted by Gasteiger charge is 2.06. The Hall–Kier alpha value is -1.55. The molecule has 1 aromatic carbocycles. The molecule has 0 aromatic heterocycles. The summed E-state index contributed by atoms with van der Waals surface area (Å²) in [4.78, 5) is 11.5. The Balaban J connectivity index is 2.36. The molecule has 0 saturated heterocycles. The molecule has 4 heteroatoms. The van der Waals surface area contributed by atoms with Gasteiger partial charge in [-0.3, -0.25) is 4.79 Å². The molecule has 0 aliphatic heterocycles. The molecule has 18 heavy (non-hydrogen) atoms. The lowest BCUT2D eigenvalue weighted by Gasteiger charge is -2.10. The molecule has 0 saturated carbocycles. The summed E-state index contributed by atoms with van der Waals surface area (Å²) in [6, 6.07) is 7.57. The molecule has 0 aliphatic rings. The lowest BCUT2D eigenvalue weighted by atomic mass is 10.1. The van der Waals surface area contributed by atoms with Gasteiger partial charge in [0.15, 0.2) is 0 Å². The summed E-state index contributed by atoms with van der Waals surface area (Å²) in [5.74, 6) is 0.810. The van der Waals surface area contributed by atoms with E-state index in [0.717, 1.165) is 11.3 Å². The van der Waals surface area contributed by atoms with Crippen molar-refractivity contribution in [3.8, 4) is 5.75 Å². The zero-order chi connectivity index (χ0) is 13.4. The number of hydrogen-bond donors (Lipinski definition) is 2. The van der Waals surface area contributed by atoms with Crippen LogP contribution in [0.1, 0.15) is 25.8 Å². The van der Waals surface area contributed by atoms with Crippen molar-refractivity contribution in [1.29, 1.82) is 0 Å². The number of amides is 1. The van der Waals surface area contributed by atoms with Crippen molar-refractivity contribution in [2.45, 2.75) is 32.7 Å². The second-order valence-electron chi connectivity index (χ2n) is 4.23. The molecule has 0 radical (unpaired) electrons. The largest absolute Gasteiger partial charge is 0.494 e. The minimum atomic E-state index is -0.183. The van der Waals surface area contributed by atoms with Crippen molar-refractivity contribution in [3.05, 3.63) is 29.8 Å². The van der Waals surface area contributed by atoms with Gasteiger partial charge in [-0.15, -0.1) is 0 Å². The van der Waals surface area contributed by atoms with Crippen LogP contribution in [-0.2, 0) is 11.2 Å². The van der Waals surface area contributed by atoms with Crippen LogP contribution in [0.2, 0.25) is 0 Å². The Labute approximate surface area is 108 Å². The lowest BCUT2D eigenvalue weighted by Crippen LogP contribution is -2.35. The topological polar surface area (TPSA) is 58.6 Å². The van der Waals surface area contributed by atoms with Crippen LogP contribution in [0.15, 0.2) is 24.3 Å². The van der Waals surface area contributed by atoms with Crippen LogP contribution in [0, 0.1) is 0 Å². The number of rotatable bonds is 7. The highest BCUT2D eigenvalue weighted by atomic mass is 16.5. The van der Waals surface area contributed by atoms with Crippen LogP contribution >= 0.6 is 0 Å². The van der Waals surface area contributed by atoms with Gasteiger partial charge in [-0.05, 0) is 38.0 Å². The fraction of sp³-hybridized carbons (Fsp3) is 0.500. The third kappa shape index (κ3) is 5.19. The molecule has 0 bridgehead atoms. The maximum Gasteiger partial charge on any atom is 0.220 e. The summed E-state index contributed by atoms with van der Waals surface area (Å²) < 4.78 is 5.35. The molecule has 0 aliphatic carbocycles. The zero-order valence-electron chi connectivity index (χ0n) is 11.0. The zero-order valence-corrected chi connectivity index (χ0v) is 11.0. The number of carbonyl (C=O) groups is 1. The van der Waals surface area contributed by atoms with Crippen molar-refractivity contribution < 1.29 is 14.6 Å². The molecule has 0 spiro atoms. The molecule has 2 N–H and O–H groups in total. The second kappa shape index (κ2) is 7.71. The van der Waals surface area contributed by atoms with Crippen LogP contribution in [0.4, 0.5) is 0 Å². The number of carbonyl (C=O) groups excluding carboxylic acids is 1. The highest BCUT2D eigenvalue weighted by molar-refractivity contribution is 5.76. The maximum atomic E-state index is 11.5. The molecule has 0 heterocycles. The van der Waals surface area contributed by atoms with Crippen molar-refractivity contribution in [3.63, 3.8) is 0 Å². The predicted molar refractivity (Wildman–Crippen MR) is 70.6 cm³/mol. The molecule has 1 rings (SSSR count). The van der Waals surface area contributed by atoms with Gasteiger partial charge in [-0.1, -0.05) is 12.1 Å². The smallest absolute Gasteiger partial charge is 0.220 e. The third-order valence-electron chi connectivity index (χ3n) is 2.56. The van der Waals surface area contributed by atoms with E-state index < -0.39 is 0 Å². The lowest BCUT2D eigenvalue weighted by molar-refractivity contribution is -0.121. The SMILES string of the molecule is CCOc1ccc(CCC(=O)NC(C)CO)cc1. The van der Waals surface area contributed by atoms with Gasteiger partial charge in [-0.25, -0.2) is 0 Å². The first-order valence-electron chi connectivity index (χ1n) is 6.27. The van der Waals surface area contributed by atoms with E-state index in [-0.39, 0.29) is 18.6 Å². The first kappa shape index (κ1) is 14.5. The van der Waals surface area contributed by atoms with Crippen molar-refractivity contribution in [2.75, 3.05) is 13.2 Å². The van der Waals surface area contributed by atoms with Gasteiger partial charge < -0.3 is 15.2 Å². The van der Waals surface area contributed by atoms with E-state index >= 15 is 0 Å². The summed E-state index contributed by atoms with van der Waals surface area (Å²) in [5.41, 5.74) is 1.10. The summed E-state index contributed by atoms with van der Waals surface area (Å²) in [7, 11) is 0. The Kier molecular flexibility index (Phi) is 6.22. The quantitative estimate of drug-likeness (QED) is 0.772. The summed E-state index contributed by atoms with van der Waals surface area (Å²) >= 11 is 0. The molecule has 1 atom stereocenters. The molecule has 1 unspecified atom stereocenters. The van der Waals surface area contributed by atoms with E-state index in [1.165, 1.54) is 0 Å². The monoisotopic (exact) mass is 251 g/mol. The van der Waals surface area contributed by atoms with E-state index in [2.05, 4.69) is 5.32 Å². The standard InChI is InChI=1S/C14H21NO3/c1-3-18-13-7-4-12(5-8-13)6-9-14(17)15-11(2)10-16/h4-5,7-8,11,16H,3,6,9-10H2,1-2H3,(H,15,17).